The van der Waals surface area contributed by atoms with E-state index >= 15 is 0 Å². The van der Waals surface area contributed by atoms with Gasteiger partial charge in [0.1, 0.15) is 5.75 Å². The molecular formula is C14H12ClNO2. The van der Waals surface area contributed by atoms with Gasteiger partial charge in [-0.15, -0.1) is 0 Å². The summed E-state index contributed by atoms with van der Waals surface area (Å²) in [4.78, 5) is 0. The molecule has 2 aromatic carbocycles. The maximum atomic E-state index is 11.9. The first-order valence-corrected chi connectivity index (χ1v) is 5.78. The van der Waals surface area contributed by atoms with Gasteiger partial charge in [0.05, 0.1) is 7.11 Å². The van der Waals surface area contributed by atoms with Crippen LogP contribution in [-0.4, -0.2) is 18.1 Å². The van der Waals surface area contributed by atoms with Crippen molar-refractivity contribution in [2.24, 2.45) is 0 Å². The lowest BCUT2D eigenvalue weighted by Crippen LogP contribution is -1.98. The average molecular weight is 262 g/mol. The monoisotopic (exact) mass is 261 g/mol. The first-order valence-electron chi connectivity index (χ1n) is 5.40. The molecule has 0 atom stereocenters. The van der Waals surface area contributed by atoms with Crippen molar-refractivity contribution in [1.82, 2.24) is 0 Å². The molecule has 4 heteroatoms. The second-order valence-electron chi connectivity index (χ2n) is 3.70. The van der Waals surface area contributed by atoms with E-state index in [-0.39, 0.29) is 0 Å². The Labute approximate surface area is 110 Å². The molecule has 0 amide bonds. The molecule has 0 radical (unpaired) electrons. The summed E-state index contributed by atoms with van der Waals surface area (Å²) >= 11 is 5.78. The van der Waals surface area contributed by atoms with E-state index in [1.165, 1.54) is 6.21 Å². The Morgan fingerprint density at radius 2 is 1.67 bits per heavy atom. The normalized spacial score (nSPS) is 11.3. The topological polar surface area (TPSA) is 35.3 Å². The average Bonchev–Trinajstić information content (AvgIpc) is 2.41. The van der Waals surface area contributed by atoms with Crippen molar-refractivity contribution in [3.8, 4) is 5.75 Å². The van der Waals surface area contributed by atoms with E-state index in [0.717, 1.165) is 16.1 Å². The van der Waals surface area contributed by atoms with Crippen molar-refractivity contribution in [2.45, 2.75) is 0 Å². The number of rotatable bonds is 3. The van der Waals surface area contributed by atoms with Crippen LogP contribution in [-0.2, 0) is 0 Å². The number of nitrogens with zero attached hydrogens (tertiary/aromatic N) is 1. The zero-order valence-corrected chi connectivity index (χ0v) is 10.6. The summed E-state index contributed by atoms with van der Waals surface area (Å²) in [7, 11) is 1.59. The lowest BCUT2D eigenvalue weighted by Gasteiger charge is -2.04. The molecule has 18 heavy (non-hydrogen) atoms. The van der Waals surface area contributed by atoms with E-state index in [2.05, 4.69) is 0 Å². The summed E-state index contributed by atoms with van der Waals surface area (Å²) in [6.45, 7) is 0. The quantitative estimate of drug-likeness (QED) is 0.366. The van der Waals surface area contributed by atoms with Crippen LogP contribution in [0.4, 0.5) is 5.69 Å². The fourth-order valence-electron chi connectivity index (χ4n) is 1.49. The van der Waals surface area contributed by atoms with Gasteiger partial charge in [0, 0.05) is 22.7 Å². The molecule has 0 aliphatic heterocycles. The minimum atomic E-state index is 0.547. The lowest BCUT2D eigenvalue weighted by molar-refractivity contribution is -0.354. The first-order chi connectivity index (χ1) is 8.69. The molecule has 92 valence electrons. The van der Waals surface area contributed by atoms with Crippen LogP contribution in [0.5, 0.6) is 5.75 Å². The second kappa shape index (κ2) is 5.56. The Morgan fingerprint density at radius 3 is 2.22 bits per heavy atom. The molecule has 0 spiro atoms. The van der Waals surface area contributed by atoms with Crippen LogP contribution in [0.3, 0.4) is 0 Å². The summed E-state index contributed by atoms with van der Waals surface area (Å²) in [5, 5.41) is 12.5. The number of ether oxygens (including phenoxy) is 1. The molecule has 0 fully saturated rings. The van der Waals surface area contributed by atoms with E-state index in [4.69, 9.17) is 16.3 Å². The van der Waals surface area contributed by atoms with Crippen molar-refractivity contribution < 1.29 is 9.48 Å². The molecule has 0 aromatic heterocycles. The third-order valence-electron chi connectivity index (χ3n) is 2.46. The fourth-order valence-corrected chi connectivity index (χ4v) is 1.61. The van der Waals surface area contributed by atoms with Crippen LogP contribution in [0.1, 0.15) is 5.56 Å². The van der Waals surface area contributed by atoms with Crippen LogP contribution in [0.15, 0.2) is 48.5 Å². The summed E-state index contributed by atoms with van der Waals surface area (Å²) in [5.41, 5.74) is 1.34. The summed E-state index contributed by atoms with van der Waals surface area (Å²) in [5.74, 6) is 0.721. The van der Waals surface area contributed by atoms with Gasteiger partial charge in [0.25, 0.3) is 0 Å². The predicted octanol–water partition coefficient (Wildman–Crippen LogP) is 3.61. The molecule has 0 heterocycles. The Bertz CT molecular complexity index is 547. The van der Waals surface area contributed by atoms with Crippen LogP contribution < -0.4 is 4.74 Å². The van der Waals surface area contributed by atoms with Crippen molar-refractivity contribution >= 4 is 23.5 Å². The third kappa shape index (κ3) is 3.02. The van der Waals surface area contributed by atoms with Gasteiger partial charge in [-0.3, -0.25) is 0 Å². The number of hydrogen-bond donors (Lipinski definition) is 0. The van der Waals surface area contributed by atoms with Gasteiger partial charge in [-0.05, 0) is 36.4 Å². The molecule has 0 N–H and O–H groups in total. The van der Waals surface area contributed by atoms with Gasteiger partial charge < -0.3 is 9.94 Å². The van der Waals surface area contributed by atoms with Crippen molar-refractivity contribution in [3.63, 3.8) is 0 Å². The fraction of sp³-hybridized carbons (Fsp3) is 0.0714. The van der Waals surface area contributed by atoms with Crippen LogP contribution in [0.25, 0.3) is 0 Å². The third-order valence-corrected chi connectivity index (χ3v) is 2.72. The van der Waals surface area contributed by atoms with Gasteiger partial charge >= 0.3 is 0 Å². The highest BCUT2D eigenvalue weighted by Gasteiger charge is 2.02. The number of methoxy groups -OCH3 is 1. The van der Waals surface area contributed by atoms with Crippen LogP contribution in [0, 0.1) is 5.21 Å². The molecule has 0 bridgehead atoms. The molecule has 0 saturated carbocycles. The van der Waals surface area contributed by atoms with Gasteiger partial charge in [-0.25, -0.2) is 0 Å². The molecule has 3 nitrogen and oxygen atoms in total. The lowest BCUT2D eigenvalue weighted by atomic mass is 10.2. The van der Waals surface area contributed by atoms with Crippen molar-refractivity contribution in [3.05, 3.63) is 64.3 Å². The summed E-state index contributed by atoms with van der Waals surface area (Å²) in [6, 6.07) is 14.0. The number of benzene rings is 2. The van der Waals surface area contributed by atoms with Gasteiger partial charge in [0.2, 0.25) is 5.69 Å². The summed E-state index contributed by atoms with van der Waals surface area (Å²) < 4.78 is 5.84. The van der Waals surface area contributed by atoms with E-state index in [1.807, 2.05) is 0 Å². The summed E-state index contributed by atoms with van der Waals surface area (Å²) in [6.07, 6.45) is 1.50. The smallest absolute Gasteiger partial charge is 0.216 e. The molecule has 0 aliphatic rings. The highest BCUT2D eigenvalue weighted by molar-refractivity contribution is 6.30. The van der Waals surface area contributed by atoms with Crippen LogP contribution >= 0.6 is 11.6 Å². The molecule has 0 aliphatic carbocycles. The van der Waals surface area contributed by atoms with E-state index in [0.29, 0.717) is 10.7 Å². The second-order valence-corrected chi connectivity index (χ2v) is 4.14. The molecule has 0 unspecified atom stereocenters. The van der Waals surface area contributed by atoms with E-state index < -0.39 is 0 Å². The Kier molecular flexibility index (Phi) is 3.85. The predicted molar refractivity (Wildman–Crippen MR) is 72.9 cm³/mol. The largest absolute Gasteiger partial charge is 0.618 e. The van der Waals surface area contributed by atoms with Gasteiger partial charge in [-0.2, -0.15) is 4.74 Å². The van der Waals surface area contributed by atoms with Crippen molar-refractivity contribution in [1.29, 1.82) is 0 Å². The maximum absolute atomic E-state index is 11.9. The van der Waals surface area contributed by atoms with Gasteiger partial charge in [-0.1, -0.05) is 11.6 Å². The molecule has 0 saturated heterocycles. The Morgan fingerprint density at radius 1 is 1.06 bits per heavy atom. The zero-order chi connectivity index (χ0) is 13.0. The molecule has 2 rings (SSSR count). The maximum Gasteiger partial charge on any atom is 0.216 e. The SMILES string of the molecule is COc1ccc([N+]([O-])=Cc2ccc(Cl)cc2)cc1. The Hall–Kier alpha value is -2.00. The standard InChI is InChI=1S/C14H12ClNO2/c1-18-14-8-6-13(7-9-14)16(17)10-11-2-4-12(15)5-3-11/h2-10H,1H3. The number of halogens is 1. The first kappa shape index (κ1) is 12.5. The Balaban J connectivity index is 2.23. The van der Waals surface area contributed by atoms with E-state index in [9.17, 15) is 5.21 Å². The molecule has 2 aromatic rings. The highest BCUT2D eigenvalue weighted by atomic mass is 35.5. The number of hydrogen-bond acceptors (Lipinski definition) is 2. The molecular weight excluding hydrogens is 250 g/mol. The minimum absolute atomic E-state index is 0.547. The highest BCUT2D eigenvalue weighted by Crippen LogP contribution is 2.17. The minimum Gasteiger partial charge on any atom is -0.618 e. The van der Waals surface area contributed by atoms with Crippen molar-refractivity contribution in [2.75, 3.05) is 7.11 Å². The van der Waals surface area contributed by atoms with Crippen LogP contribution in [0.2, 0.25) is 5.02 Å². The van der Waals surface area contributed by atoms with E-state index in [1.54, 1.807) is 55.6 Å². The zero-order valence-electron chi connectivity index (χ0n) is 9.84. The van der Waals surface area contributed by atoms with Gasteiger partial charge in [0.15, 0.2) is 6.21 Å².